The van der Waals surface area contributed by atoms with E-state index in [0.717, 1.165) is 0 Å². The molecule has 2 rings (SSSR count). The van der Waals surface area contributed by atoms with Gasteiger partial charge in [0, 0.05) is 27.1 Å². The molecule has 0 radical (unpaired) electrons. The molecule has 8 heteroatoms. The zero-order valence-electron chi connectivity index (χ0n) is 11.8. The lowest BCUT2D eigenvalue weighted by molar-refractivity contribution is -0.388. The second-order valence-electron chi connectivity index (χ2n) is 5.48. The molecular weight excluding hydrogens is 264 g/mol. The van der Waals surface area contributed by atoms with E-state index in [0.29, 0.717) is 37.6 Å². The molecule has 0 unspecified atom stereocenters. The van der Waals surface area contributed by atoms with Crippen LogP contribution in [0.15, 0.2) is 0 Å². The van der Waals surface area contributed by atoms with Gasteiger partial charge >= 0.3 is 11.8 Å². The number of nitro groups is 1. The van der Waals surface area contributed by atoms with Crippen LogP contribution in [0.3, 0.4) is 0 Å². The van der Waals surface area contributed by atoms with Gasteiger partial charge in [0.1, 0.15) is 0 Å². The second kappa shape index (κ2) is 4.77. The minimum atomic E-state index is -0.812. The number of aryl methyl sites for hydroxylation is 1. The predicted molar refractivity (Wildman–Crippen MR) is 71.8 cm³/mol. The third-order valence-corrected chi connectivity index (χ3v) is 4.13. The normalized spacial score (nSPS) is 18.1. The maximum Gasteiger partial charge on any atom is 0.406 e. The van der Waals surface area contributed by atoms with E-state index in [4.69, 9.17) is 0 Å². The van der Waals surface area contributed by atoms with Gasteiger partial charge in [0.05, 0.1) is 5.41 Å². The first-order valence-corrected chi connectivity index (χ1v) is 6.42. The van der Waals surface area contributed by atoms with Gasteiger partial charge in [-0.2, -0.15) is 0 Å². The summed E-state index contributed by atoms with van der Waals surface area (Å²) >= 11 is 0. The van der Waals surface area contributed by atoms with Crippen LogP contribution in [0.5, 0.6) is 0 Å². The molecule has 1 fully saturated rings. The summed E-state index contributed by atoms with van der Waals surface area (Å²) in [5.74, 6) is 0.0509. The van der Waals surface area contributed by atoms with E-state index in [2.05, 4.69) is 4.98 Å². The van der Waals surface area contributed by atoms with Crippen molar-refractivity contribution in [3.8, 4) is 0 Å². The van der Waals surface area contributed by atoms with E-state index in [1.807, 2.05) is 4.90 Å². The number of carbonyl (C=O) groups is 1. The first kappa shape index (κ1) is 14.3. The first-order valence-electron chi connectivity index (χ1n) is 6.42. The van der Waals surface area contributed by atoms with Crippen LogP contribution in [0.1, 0.15) is 25.6 Å². The highest BCUT2D eigenvalue weighted by molar-refractivity contribution is 5.74. The number of aromatic nitrogens is 2. The number of hydrogen-bond acceptors (Lipinski definition) is 5. The van der Waals surface area contributed by atoms with Gasteiger partial charge in [-0.05, 0) is 29.7 Å². The molecule has 1 aliphatic rings. The highest BCUT2D eigenvalue weighted by Crippen LogP contribution is 2.36. The van der Waals surface area contributed by atoms with E-state index < -0.39 is 16.3 Å². The molecule has 0 bridgehead atoms. The lowest BCUT2D eigenvalue weighted by Gasteiger charge is -2.36. The molecule has 1 aromatic rings. The van der Waals surface area contributed by atoms with E-state index >= 15 is 0 Å². The number of piperidine rings is 1. The first-order chi connectivity index (χ1) is 9.26. The van der Waals surface area contributed by atoms with Crippen molar-refractivity contribution in [2.75, 3.05) is 18.0 Å². The monoisotopic (exact) mass is 282 g/mol. The number of rotatable bonds is 3. The summed E-state index contributed by atoms with van der Waals surface area (Å²) in [7, 11) is 1.73. The fourth-order valence-corrected chi connectivity index (χ4v) is 2.48. The Morgan fingerprint density at radius 3 is 2.45 bits per heavy atom. The Kier molecular flexibility index (Phi) is 3.41. The van der Waals surface area contributed by atoms with E-state index in [1.54, 1.807) is 25.5 Å². The maximum atomic E-state index is 11.2. The molecule has 0 aromatic carbocycles. The Morgan fingerprint density at radius 1 is 1.45 bits per heavy atom. The molecule has 110 valence electrons. The van der Waals surface area contributed by atoms with Crippen molar-refractivity contribution in [2.24, 2.45) is 12.5 Å². The van der Waals surface area contributed by atoms with Gasteiger partial charge in [-0.1, -0.05) is 0 Å². The number of hydrogen-bond donors (Lipinski definition) is 1. The van der Waals surface area contributed by atoms with Crippen LogP contribution < -0.4 is 4.90 Å². The minimum Gasteiger partial charge on any atom is -0.481 e. The summed E-state index contributed by atoms with van der Waals surface area (Å²) in [6.45, 7) is 4.38. The molecule has 0 amide bonds. The SMILES string of the molecule is Cc1nc([N+](=O)[O-])c(N2CCC(C)(C(=O)O)CC2)n1C. The minimum absolute atomic E-state index is 0.163. The summed E-state index contributed by atoms with van der Waals surface area (Å²) < 4.78 is 1.68. The third kappa shape index (κ3) is 2.21. The van der Waals surface area contributed by atoms with Crippen molar-refractivity contribution in [1.82, 2.24) is 9.55 Å². The quantitative estimate of drug-likeness (QED) is 0.662. The number of anilines is 1. The van der Waals surface area contributed by atoms with Crippen LogP contribution in [-0.4, -0.2) is 38.6 Å². The van der Waals surface area contributed by atoms with Gasteiger partial charge in [-0.15, -0.1) is 0 Å². The number of carboxylic acids is 1. The molecule has 8 nitrogen and oxygen atoms in total. The van der Waals surface area contributed by atoms with Gasteiger partial charge in [0.2, 0.25) is 11.6 Å². The summed E-state index contributed by atoms with van der Waals surface area (Å²) in [5, 5.41) is 20.3. The van der Waals surface area contributed by atoms with E-state index in [1.165, 1.54) is 0 Å². The highest BCUT2D eigenvalue weighted by Gasteiger charge is 2.39. The number of nitrogens with zero attached hydrogens (tertiary/aromatic N) is 4. The molecule has 1 saturated heterocycles. The smallest absolute Gasteiger partial charge is 0.406 e. The van der Waals surface area contributed by atoms with Gasteiger partial charge in [0.25, 0.3) is 0 Å². The molecule has 0 atom stereocenters. The van der Waals surface area contributed by atoms with Crippen molar-refractivity contribution in [3.05, 3.63) is 15.9 Å². The van der Waals surface area contributed by atoms with Crippen LogP contribution in [0.2, 0.25) is 0 Å². The van der Waals surface area contributed by atoms with Crippen molar-refractivity contribution < 1.29 is 14.8 Å². The average molecular weight is 282 g/mol. The molecule has 1 aliphatic heterocycles. The Bertz CT molecular complexity index is 558. The van der Waals surface area contributed by atoms with Crippen molar-refractivity contribution in [1.29, 1.82) is 0 Å². The standard InChI is InChI=1S/C12H18N4O4/c1-8-13-9(16(19)20)10(14(8)3)15-6-4-12(2,5-7-15)11(17)18/h4-7H2,1-3H3,(H,17,18). The third-order valence-electron chi connectivity index (χ3n) is 4.13. The molecule has 0 spiro atoms. The molecule has 2 heterocycles. The number of imidazole rings is 1. The number of aliphatic carboxylic acids is 1. The molecule has 0 aliphatic carbocycles. The summed E-state index contributed by atoms with van der Waals surface area (Å²) in [4.78, 5) is 27.6. The maximum absolute atomic E-state index is 11.2. The molecule has 0 saturated carbocycles. The Balaban J connectivity index is 2.27. The van der Waals surface area contributed by atoms with Gasteiger partial charge in [-0.3, -0.25) is 9.36 Å². The summed E-state index contributed by atoms with van der Waals surface area (Å²) in [6, 6.07) is 0. The van der Waals surface area contributed by atoms with Gasteiger partial charge in [0.15, 0.2) is 0 Å². The Hall–Kier alpha value is -2.12. The largest absolute Gasteiger partial charge is 0.481 e. The molecule has 1 aromatic heterocycles. The summed E-state index contributed by atoms with van der Waals surface area (Å²) in [5.41, 5.74) is -0.751. The lowest BCUT2D eigenvalue weighted by atomic mass is 9.80. The van der Waals surface area contributed by atoms with Crippen LogP contribution >= 0.6 is 0 Å². The summed E-state index contributed by atoms with van der Waals surface area (Å²) in [6.07, 6.45) is 0.924. The van der Waals surface area contributed by atoms with Crippen LogP contribution in [0.25, 0.3) is 0 Å². The Labute approximate surface area is 116 Å². The average Bonchev–Trinajstić information content (AvgIpc) is 2.67. The van der Waals surface area contributed by atoms with Gasteiger partial charge in [-0.25, -0.2) is 0 Å². The lowest BCUT2D eigenvalue weighted by Crippen LogP contribution is -2.43. The van der Waals surface area contributed by atoms with Crippen molar-refractivity contribution >= 4 is 17.6 Å². The van der Waals surface area contributed by atoms with Gasteiger partial charge < -0.3 is 20.1 Å². The highest BCUT2D eigenvalue weighted by atomic mass is 16.6. The predicted octanol–water partition coefficient (Wildman–Crippen LogP) is 1.33. The van der Waals surface area contributed by atoms with Crippen LogP contribution in [0, 0.1) is 22.5 Å². The van der Waals surface area contributed by atoms with E-state index in [9.17, 15) is 20.0 Å². The van der Waals surface area contributed by atoms with Crippen LogP contribution in [-0.2, 0) is 11.8 Å². The van der Waals surface area contributed by atoms with Crippen LogP contribution in [0.4, 0.5) is 11.6 Å². The fraction of sp³-hybridized carbons (Fsp3) is 0.667. The molecule has 1 N–H and O–H groups in total. The fourth-order valence-electron chi connectivity index (χ4n) is 2.48. The Morgan fingerprint density at radius 2 is 2.00 bits per heavy atom. The topological polar surface area (TPSA) is 102 Å². The zero-order valence-corrected chi connectivity index (χ0v) is 11.8. The number of carboxylic acid groups (broad SMARTS) is 1. The van der Waals surface area contributed by atoms with Crippen molar-refractivity contribution in [2.45, 2.75) is 26.7 Å². The van der Waals surface area contributed by atoms with E-state index in [-0.39, 0.29) is 5.82 Å². The zero-order chi connectivity index (χ0) is 15.1. The second-order valence-corrected chi connectivity index (χ2v) is 5.48. The van der Waals surface area contributed by atoms with Crippen molar-refractivity contribution in [3.63, 3.8) is 0 Å². The molecular formula is C12H18N4O4. The molecule has 20 heavy (non-hydrogen) atoms.